The number of pyridine rings is 2. The number of carboxylic acids is 1. The Labute approximate surface area is 245 Å². The third-order valence-corrected chi connectivity index (χ3v) is 7.93. The molecule has 4 rings (SSSR count). The van der Waals surface area contributed by atoms with E-state index in [9.17, 15) is 18.0 Å². The lowest BCUT2D eigenvalue weighted by molar-refractivity contribution is -0.136. The van der Waals surface area contributed by atoms with Gasteiger partial charge in [0.25, 0.3) is 10.0 Å². The van der Waals surface area contributed by atoms with Gasteiger partial charge in [-0.3, -0.25) is 9.78 Å². The molecule has 10 nitrogen and oxygen atoms in total. The molecule has 2 aromatic heterocycles. The number of carboxylic acid groups (broad SMARTS) is 1. The highest BCUT2D eigenvalue weighted by Crippen LogP contribution is 2.23. The number of amides is 1. The molecule has 2 N–H and O–H groups in total. The van der Waals surface area contributed by atoms with E-state index in [1.54, 1.807) is 44.2 Å². The lowest BCUT2D eigenvalue weighted by atomic mass is 10.0. The van der Waals surface area contributed by atoms with Crippen LogP contribution in [0.15, 0.2) is 102 Å². The molecule has 0 spiro atoms. The van der Waals surface area contributed by atoms with E-state index in [1.807, 2.05) is 54.6 Å². The monoisotopic (exact) mass is 588 g/mol. The summed E-state index contributed by atoms with van der Waals surface area (Å²) in [4.78, 5) is 31.4. The van der Waals surface area contributed by atoms with Crippen LogP contribution in [0.3, 0.4) is 0 Å². The molecule has 2 aromatic carbocycles. The number of nitrogens with zero attached hydrogens (tertiary/aromatic N) is 3. The first kappa shape index (κ1) is 30.4. The van der Waals surface area contributed by atoms with Crippen molar-refractivity contribution in [2.75, 3.05) is 6.54 Å². The summed E-state index contributed by atoms with van der Waals surface area (Å²) in [6, 6.07) is 27.6. The minimum absolute atomic E-state index is 0.0203. The molecule has 0 radical (unpaired) electrons. The van der Waals surface area contributed by atoms with Crippen LogP contribution < -0.4 is 5.32 Å². The van der Waals surface area contributed by atoms with Crippen molar-refractivity contribution in [1.82, 2.24) is 19.6 Å². The van der Waals surface area contributed by atoms with E-state index in [4.69, 9.17) is 9.84 Å². The summed E-state index contributed by atoms with van der Waals surface area (Å²) in [5.41, 5.74) is 2.95. The Balaban J connectivity index is 1.55. The van der Waals surface area contributed by atoms with Crippen molar-refractivity contribution in [3.63, 3.8) is 0 Å². The number of rotatable bonds is 12. The first-order valence-corrected chi connectivity index (χ1v) is 14.6. The molecule has 2 heterocycles. The van der Waals surface area contributed by atoms with Crippen LogP contribution in [-0.4, -0.2) is 52.0 Å². The topological polar surface area (TPSA) is 139 Å². The molecule has 0 aliphatic rings. The van der Waals surface area contributed by atoms with Gasteiger partial charge in [0.1, 0.15) is 12.1 Å². The van der Waals surface area contributed by atoms with Crippen molar-refractivity contribution in [2.45, 2.75) is 44.0 Å². The number of aromatic nitrogens is 2. The van der Waals surface area contributed by atoms with Gasteiger partial charge in [-0.25, -0.2) is 18.2 Å². The molecule has 0 atom stereocenters. The van der Waals surface area contributed by atoms with Gasteiger partial charge < -0.3 is 15.2 Å². The highest BCUT2D eigenvalue weighted by Gasteiger charge is 2.28. The van der Waals surface area contributed by atoms with Crippen LogP contribution in [0.5, 0.6) is 0 Å². The maximum atomic E-state index is 13.7. The molecule has 0 saturated carbocycles. The van der Waals surface area contributed by atoms with Gasteiger partial charge in [0.05, 0.1) is 12.2 Å². The molecule has 0 aliphatic heterocycles. The fourth-order valence-corrected chi connectivity index (χ4v) is 5.63. The van der Waals surface area contributed by atoms with Crippen LogP contribution in [0.25, 0.3) is 11.1 Å². The second-order valence-corrected chi connectivity index (χ2v) is 12.1. The Hall–Kier alpha value is -4.61. The maximum absolute atomic E-state index is 13.7. The highest BCUT2D eigenvalue weighted by atomic mass is 32.2. The second kappa shape index (κ2) is 13.4. The standard InChI is InChI=1S/C31H32N4O6S/c1-31(2,41-30(38)33-20-29(36)37)19-26-11-8-12-27(34-26)22-35(42(39,40)28-13-6-7-18-32-28)21-23-14-16-25(17-15-23)24-9-4-3-5-10-24/h3-18H,19-22H2,1-2H3,(H,33,38)(H,36,37). The highest BCUT2D eigenvalue weighted by molar-refractivity contribution is 7.89. The number of carbonyl (C=O) groups excluding carboxylic acids is 1. The fourth-order valence-electron chi connectivity index (χ4n) is 4.30. The summed E-state index contributed by atoms with van der Waals surface area (Å²) in [6.07, 6.45) is 0.798. The Bertz CT molecular complexity index is 1610. The molecule has 0 bridgehead atoms. The minimum Gasteiger partial charge on any atom is -0.480 e. The van der Waals surface area contributed by atoms with E-state index in [0.29, 0.717) is 11.4 Å². The minimum atomic E-state index is -3.98. The summed E-state index contributed by atoms with van der Waals surface area (Å²) in [7, 11) is -3.98. The number of ether oxygens (including phenoxy) is 1. The first-order valence-electron chi connectivity index (χ1n) is 13.2. The van der Waals surface area contributed by atoms with Crippen molar-refractivity contribution in [3.8, 4) is 11.1 Å². The largest absolute Gasteiger partial charge is 0.480 e. The number of benzene rings is 2. The van der Waals surface area contributed by atoms with Crippen molar-refractivity contribution >= 4 is 22.1 Å². The van der Waals surface area contributed by atoms with E-state index in [0.717, 1.165) is 16.7 Å². The van der Waals surface area contributed by atoms with E-state index >= 15 is 0 Å². The van der Waals surface area contributed by atoms with Gasteiger partial charge in [-0.15, -0.1) is 0 Å². The molecule has 1 amide bonds. The molecule has 42 heavy (non-hydrogen) atoms. The number of nitrogens with one attached hydrogen (secondary N) is 1. The number of carbonyl (C=O) groups is 2. The zero-order valence-electron chi connectivity index (χ0n) is 23.3. The first-order chi connectivity index (χ1) is 20.0. The lowest BCUT2D eigenvalue weighted by Crippen LogP contribution is -2.38. The predicted octanol–water partition coefficient (Wildman–Crippen LogP) is 4.67. The SMILES string of the molecule is CC(C)(Cc1cccc(CN(Cc2ccc(-c3ccccc3)cc2)S(=O)(=O)c2ccccn2)n1)OC(=O)NCC(=O)O. The average molecular weight is 589 g/mol. The summed E-state index contributed by atoms with van der Waals surface area (Å²) in [5.74, 6) is -1.18. The van der Waals surface area contributed by atoms with Crippen molar-refractivity contribution in [2.24, 2.45) is 0 Å². The van der Waals surface area contributed by atoms with E-state index in [1.165, 1.54) is 16.6 Å². The van der Waals surface area contributed by atoms with Crippen molar-refractivity contribution < 1.29 is 27.9 Å². The Morgan fingerprint density at radius 2 is 1.52 bits per heavy atom. The zero-order valence-corrected chi connectivity index (χ0v) is 24.1. The van der Waals surface area contributed by atoms with Crippen LogP contribution in [0.4, 0.5) is 4.79 Å². The molecule has 0 aliphatic carbocycles. The van der Waals surface area contributed by atoms with Crippen molar-refractivity contribution in [3.05, 3.63) is 114 Å². The van der Waals surface area contributed by atoms with Gasteiger partial charge in [-0.1, -0.05) is 66.7 Å². The van der Waals surface area contributed by atoms with Gasteiger partial charge >= 0.3 is 12.1 Å². The van der Waals surface area contributed by atoms with Gasteiger partial charge in [-0.05, 0) is 54.8 Å². The van der Waals surface area contributed by atoms with Gasteiger partial charge in [0.2, 0.25) is 0 Å². The van der Waals surface area contributed by atoms with Crippen LogP contribution in [-0.2, 0) is 39.1 Å². The Kier molecular flexibility index (Phi) is 9.66. The third-order valence-electron chi connectivity index (χ3n) is 6.22. The van der Waals surface area contributed by atoms with Crippen LogP contribution >= 0.6 is 0 Å². The number of alkyl carbamates (subject to hydrolysis) is 1. The van der Waals surface area contributed by atoms with Gasteiger partial charge in [0.15, 0.2) is 5.03 Å². The Morgan fingerprint density at radius 1 is 0.857 bits per heavy atom. The van der Waals surface area contributed by atoms with Crippen LogP contribution in [0.2, 0.25) is 0 Å². The summed E-state index contributed by atoms with van der Waals surface area (Å²) in [6.45, 7) is 2.88. The molecule has 11 heteroatoms. The van der Waals surface area contributed by atoms with Crippen LogP contribution in [0, 0.1) is 0 Å². The number of hydrogen-bond acceptors (Lipinski definition) is 7. The summed E-state index contributed by atoms with van der Waals surface area (Å²) < 4.78 is 34.1. The van der Waals surface area contributed by atoms with Gasteiger partial charge in [0, 0.05) is 24.9 Å². The predicted molar refractivity (Wildman–Crippen MR) is 157 cm³/mol. The number of aliphatic carboxylic acids is 1. The van der Waals surface area contributed by atoms with Crippen molar-refractivity contribution in [1.29, 1.82) is 0 Å². The van der Waals surface area contributed by atoms with E-state index in [-0.39, 0.29) is 24.5 Å². The molecular formula is C31H32N4O6S. The smallest absolute Gasteiger partial charge is 0.408 e. The van der Waals surface area contributed by atoms with E-state index in [2.05, 4.69) is 15.3 Å². The molecule has 0 fully saturated rings. The zero-order chi connectivity index (χ0) is 30.2. The number of sulfonamides is 1. The van der Waals surface area contributed by atoms with E-state index < -0.39 is 34.2 Å². The maximum Gasteiger partial charge on any atom is 0.408 e. The molecule has 4 aromatic rings. The number of hydrogen-bond donors (Lipinski definition) is 2. The van der Waals surface area contributed by atoms with Gasteiger partial charge in [-0.2, -0.15) is 4.31 Å². The quantitative estimate of drug-likeness (QED) is 0.244. The summed E-state index contributed by atoms with van der Waals surface area (Å²) >= 11 is 0. The lowest BCUT2D eigenvalue weighted by Gasteiger charge is -2.25. The molecule has 0 saturated heterocycles. The third kappa shape index (κ3) is 8.45. The molecule has 0 unspecified atom stereocenters. The summed E-state index contributed by atoms with van der Waals surface area (Å²) in [5, 5.41) is 10.9. The molecular weight excluding hydrogens is 556 g/mol. The fraction of sp³-hybridized carbons (Fsp3) is 0.226. The average Bonchev–Trinajstić information content (AvgIpc) is 2.97. The normalized spacial score (nSPS) is 11.7. The second-order valence-electron chi connectivity index (χ2n) is 10.2. The molecule has 218 valence electrons. The van der Waals surface area contributed by atoms with Crippen LogP contribution in [0.1, 0.15) is 30.8 Å². The Morgan fingerprint density at radius 3 is 2.19 bits per heavy atom.